The molecule has 0 aliphatic heterocycles. The summed E-state index contributed by atoms with van der Waals surface area (Å²) in [7, 11) is 0. The van der Waals surface area contributed by atoms with Crippen LogP contribution in [0.15, 0.2) is 60.7 Å². The first-order chi connectivity index (χ1) is 9.66. The Morgan fingerprint density at radius 3 is 2.35 bits per heavy atom. The molecule has 0 aromatic heterocycles. The molecule has 3 rings (SSSR count). The smallest absolute Gasteiger partial charge is 0.336 e. The van der Waals surface area contributed by atoms with E-state index in [0.29, 0.717) is 10.9 Å². The van der Waals surface area contributed by atoms with Gasteiger partial charge in [0.2, 0.25) is 0 Å². The van der Waals surface area contributed by atoms with Gasteiger partial charge in [-0.15, -0.1) is 0 Å². The molecule has 3 heteroatoms. The van der Waals surface area contributed by atoms with E-state index in [4.69, 9.17) is 0 Å². The molecule has 0 aliphatic rings. The molecular formula is C17H11FO2. The number of benzene rings is 3. The van der Waals surface area contributed by atoms with Gasteiger partial charge < -0.3 is 5.11 Å². The minimum atomic E-state index is -1.02. The molecule has 0 amide bonds. The second-order valence-corrected chi connectivity index (χ2v) is 4.52. The quantitative estimate of drug-likeness (QED) is 0.749. The van der Waals surface area contributed by atoms with Crippen LogP contribution in [0.1, 0.15) is 10.4 Å². The van der Waals surface area contributed by atoms with Gasteiger partial charge in [-0.05, 0) is 34.5 Å². The predicted molar refractivity (Wildman–Crippen MR) is 76.3 cm³/mol. The lowest BCUT2D eigenvalue weighted by molar-refractivity contribution is 0.0698. The summed E-state index contributed by atoms with van der Waals surface area (Å²) in [5, 5.41) is 10.8. The van der Waals surface area contributed by atoms with Gasteiger partial charge >= 0.3 is 5.97 Å². The fourth-order valence-electron chi connectivity index (χ4n) is 2.39. The van der Waals surface area contributed by atoms with Crippen LogP contribution >= 0.6 is 0 Å². The first-order valence-corrected chi connectivity index (χ1v) is 6.18. The van der Waals surface area contributed by atoms with Crippen molar-refractivity contribution in [2.24, 2.45) is 0 Å². The lowest BCUT2D eigenvalue weighted by atomic mass is 9.93. The zero-order valence-electron chi connectivity index (χ0n) is 10.5. The largest absolute Gasteiger partial charge is 0.478 e. The maximum Gasteiger partial charge on any atom is 0.336 e. The Hall–Kier alpha value is -2.68. The molecule has 0 heterocycles. The normalized spacial score (nSPS) is 10.7. The van der Waals surface area contributed by atoms with Crippen LogP contribution in [0.3, 0.4) is 0 Å². The van der Waals surface area contributed by atoms with Gasteiger partial charge in [-0.25, -0.2) is 9.18 Å². The molecular weight excluding hydrogens is 255 g/mol. The average molecular weight is 266 g/mol. The summed E-state index contributed by atoms with van der Waals surface area (Å²) in [5.41, 5.74) is 1.49. The van der Waals surface area contributed by atoms with Gasteiger partial charge in [0.1, 0.15) is 5.82 Å². The van der Waals surface area contributed by atoms with Crippen molar-refractivity contribution < 1.29 is 14.3 Å². The first kappa shape index (κ1) is 12.4. The Morgan fingerprint density at radius 2 is 1.65 bits per heavy atom. The fraction of sp³-hybridized carbons (Fsp3) is 0. The minimum absolute atomic E-state index is 0.175. The van der Waals surface area contributed by atoms with Crippen LogP contribution in [0.2, 0.25) is 0 Å². The summed E-state index contributed by atoms with van der Waals surface area (Å²) in [4.78, 5) is 11.4. The molecule has 3 aromatic carbocycles. The van der Waals surface area contributed by atoms with E-state index in [2.05, 4.69) is 0 Å². The molecule has 0 atom stereocenters. The molecule has 0 saturated carbocycles. The molecule has 0 spiro atoms. The van der Waals surface area contributed by atoms with Crippen LogP contribution in [0, 0.1) is 5.82 Å². The Morgan fingerprint density at radius 1 is 0.950 bits per heavy atom. The summed E-state index contributed by atoms with van der Waals surface area (Å²) in [6.45, 7) is 0. The number of aromatic carboxylic acids is 1. The standard InChI is InChI=1S/C17H11FO2/c18-13-8-6-11-7-9-14(17(19)20)16(15(11)10-13)12-4-2-1-3-5-12/h1-10H,(H,19,20). The lowest BCUT2D eigenvalue weighted by Gasteiger charge is -2.11. The number of halogens is 1. The van der Waals surface area contributed by atoms with Gasteiger partial charge in [-0.1, -0.05) is 42.5 Å². The SMILES string of the molecule is O=C(O)c1ccc2ccc(F)cc2c1-c1ccccc1. The molecule has 0 fully saturated rings. The van der Waals surface area contributed by atoms with E-state index in [1.165, 1.54) is 12.1 Å². The molecule has 0 unspecified atom stereocenters. The Labute approximate surface area is 115 Å². The summed E-state index contributed by atoms with van der Waals surface area (Å²) < 4.78 is 13.5. The molecule has 3 aromatic rings. The minimum Gasteiger partial charge on any atom is -0.478 e. The monoisotopic (exact) mass is 266 g/mol. The van der Waals surface area contributed by atoms with E-state index in [9.17, 15) is 14.3 Å². The summed E-state index contributed by atoms with van der Waals surface area (Å²) in [6.07, 6.45) is 0. The highest BCUT2D eigenvalue weighted by molar-refractivity contribution is 6.07. The average Bonchev–Trinajstić information content (AvgIpc) is 2.46. The molecule has 0 bridgehead atoms. The Bertz CT molecular complexity index is 795. The van der Waals surface area contributed by atoms with E-state index in [0.717, 1.165) is 10.9 Å². The van der Waals surface area contributed by atoms with Crippen molar-refractivity contribution in [3.63, 3.8) is 0 Å². The van der Waals surface area contributed by atoms with Crippen molar-refractivity contribution in [3.8, 4) is 11.1 Å². The van der Waals surface area contributed by atoms with E-state index < -0.39 is 5.97 Å². The van der Waals surface area contributed by atoms with E-state index in [-0.39, 0.29) is 11.4 Å². The van der Waals surface area contributed by atoms with Gasteiger partial charge in [-0.3, -0.25) is 0 Å². The van der Waals surface area contributed by atoms with Crippen LogP contribution in [0.5, 0.6) is 0 Å². The highest BCUT2D eigenvalue weighted by atomic mass is 19.1. The highest BCUT2D eigenvalue weighted by Gasteiger charge is 2.15. The molecule has 0 radical (unpaired) electrons. The zero-order chi connectivity index (χ0) is 14.1. The van der Waals surface area contributed by atoms with Crippen LogP contribution in [0.4, 0.5) is 4.39 Å². The van der Waals surface area contributed by atoms with E-state index >= 15 is 0 Å². The second-order valence-electron chi connectivity index (χ2n) is 4.52. The molecule has 0 saturated heterocycles. The van der Waals surface area contributed by atoms with Crippen LogP contribution in [-0.4, -0.2) is 11.1 Å². The van der Waals surface area contributed by atoms with Gasteiger partial charge in [0, 0.05) is 5.56 Å². The predicted octanol–water partition coefficient (Wildman–Crippen LogP) is 4.34. The van der Waals surface area contributed by atoms with Crippen molar-refractivity contribution in [3.05, 3.63) is 72.0 Å². The topological polar surface area (TPSA) is 37.3 Å². The molecule has 20 heavy (non-hydrogen) atoms. The summed E-state index contributed by atoms with van der Waals surface area (Å²) in [6, 6.07) is 16.8. The van der Waals surface area contributed by atoms with Crippen molar-refractivity contribution in [1.82, 2.24) is 0 Å². The van der Waals surface area contributed by atoms with Crippen LogP contribution in [-0.2, 0) is 0 Å². The number of hydrogen-bond acceptors (Lipinski definition) is 1. The summed E-state index contributed by atoms with van der Waals surface area (Å²) in [5.74, 6) is -1.40. The molecule has 1 N–H and O–H groups in total. The van der Waals surface area contributed by atoms with Gasteiger partial charge in [0.25, 0.3) is 0 Å². The van der Waals surface area contributed by atoms with Gasteiger partial charge in [-0.2, -0.15) is 0 Å². The lowest BCUT2D eigenvalue weighted by Crippen LogP contribution is -2.00. The Kier molecular flexibility index (Phi) is 2.95. The van der Waals surface area contributed by atoms with Crippen molar-refractivity contribution in [1.29, 1.82) is 0 Å². The maximum atomic E-state index is 13.5. The van der Waals surface area contributed by atoms with Gasteiger partial charge in [0.05, 0.1) is 5.56 Å². The van der Waals surface area contributed by atoms with Crippen molar-refractivity contribution in [2.75, 3.05) is 0 Å². The van der Waals surface area contributed by atoms with E-state index in [1.54, 1.807) is 18.2 Å². The fourth-order valence-corrected chi connectivity index (χ4v) is 2.39. The third kappa shape index (κ3) is 2.03. The summed E-state index contributed by atoms with van der Waals surface area (Å²) >= 11 is 0. The number of rotatable bonds is 2. The van der Waals surface area contributed by atoms with Crippen LogP contribution in [0.25, 0.3) is 21.9 Å². The number of carboxylic acids is 1. The Balaban J connectivity index is 2.44. The number of fused-ring (bicyclic) bond motifs is 1. The van der Waals surface area contributed by atoms with Crippen LogP contribution < -0.4 is 0 Å². The molecule has 2 nitrogen and oxygen atoms in total. The number of carbonyl (C=O) groups is 1. The van der Waals surface area contributed by atoms with E-state index in [1.807, 2.05) is 30.3 Å². The second kappa shape index (κ2) is 4.78. The molecule has 98 valence electrons. The number of hydrogen-bond donors (Lipinski definition) is 1. The maximum absolute atomic E-state index is 13.5. The zero-order valence-corrected chi connectivity index (χ0v) is 10.5. The third-order valence-electron chi connectivity index (χ3n) is 3.28. The van der Waals surface area contributed by atoms with Crippen molar-refractivity contribution in [2.45, 2.75) is 0 Å². The highest BCUT2D eigenvalue weighted by Crippen LogP contribution is 2.32. The first-order valence-electron chi connectivity index (χ1n) is 6.18. The third-order valence-corrected chi connectivity index (χ3v) is 3.28. The van der Waals surface area contributed by atoms with Crippen molar-refractivity contribution >= 4 is 16.7 Å². The number of carboxylic acid groups (broad SMARTS) is 1. The van der Waals surface area contributed by atoms with Gasteiger partial charge in [0.15, 0.2) is 0 Å². The molecule has 0 aliphatic carbocycles.